The number of hydrogen-bond acceptors (Lipinski definition) is 1. The SMILES string of the molecule is C=C(C)C(=O)c1ccccc1CCCC. The van der Waals surface area contributed by atoms with E-state index in [4.69, 9.17) is 0 Å². The van der Waals surface area contributed by atoms with E-state index >= 15 is 0 Å². The summed E-state index contributed by atoms with van der Waals surface area (Å²) in [6.07, 6.45) is 3.25. The molecule has 1 rings (SSSR count). The molecule has 0 N–H and O–H groups in total. The van der Waals surface area contributed by atoms with Crippen molar-refractivity contribution in [3.8, 4) is 0 Å². The Morgan fingerprint density at radius 1 is 1.33 bits per heavy atom. The van der Waals surface area contributed by atoms with E-state index in [0.717, 1.165) is 30.4 Å². The number of aryl methyl sites for hydroxylation is 1. The van der Waals surface area contributed by atoms with Crippen LogP contribution in [0.1, 0.15) is 42.6 Å². The molecular weight excluding hydrogens is 184 g/mol. The third-order valence-electron chi connectivity index (χ3n) is 2.45. The predicted octanol–water partition coefficient (Wildman–Crippen LogP) is 3.79. The Morgan fingerprint density at radius 3 is 2.60 bits per heavy atom. The fraction of sp³-hybridized carbons (Fsp3) is 0.357. The molecule has 0 saturated carbocycles. The molecule has 1 heteroatoms. The zero-order valence-electron chi connectivity index (χ0n) is 9.55. The Hall–Kier alpha value is -1.37. The first-order valence-corrected chi connectivity index (χ1v) is 5.45. The smallest absolute Gasteiger partial charge is 0.188 e. The standard InChI is InChI=1S/C14H18O/c1-4-5-8-12-9-6-7-10-13(12)14(15)11(2)3/h6-7,9-10H,2,4-5,8H2,1,3H3. The van der Waals surface area contributed by atoms with Gasteiger partial charge in [0.2, 0.25) is 0 Å². The van der Waals surface area contributed by atoms with E-state index in [1.165, 1.54) is 0 Å². The van der Waals surface area contributed by atoms with Gasteiger partial charge in [-0.05, 0) is 30.9 Å². The zero-order valence-corrected chi connectivity index (χ0v) is 9.55. The van der Waals surface area contributed by atoms with Crippen molar-refractivity contribution in [1.29, 1.82) is 0 Å². The van der Waals surface area contributed by atoms with Gasteiger partial charge in [0.1, 0.15) is 0 Å². The maximum atomic E-state index is 11.8. The van der Waals surface area contributed by atoms with E-state index in [1.807, 2.05) is 24.3 Å². The number of Topliss-reactive ketones (excluding diaryl/α,β-unsaturated/α-hetero) is 1. The van der Waals surface area contributed by atoms with Gasteiger partial charge in [-0.3, -0.25) is 4.79 Å². The Bertz CT molecular complexity index is 363. The summed E-state index contributed by atoms with van der Waals surface area (Å²) in [6, 6.07) is 7.82. The number of allylic oxidation sites excluding steroid dienone is 1. The first-order chi connectivity index (χ1) is 7.16. The Labute approximate surface area is 91.8 Å². The lowest BCUT2D eigenvalue weighted by Crippen LogP contribution is -2.04. The summed E-state index contributed by atoms with van der Waals surface area (Å²) in [6.45, 7) is 7.62. The third-order valence-corrected chi connectivity index (χ3v) is 2.45. The Balaban J connectivity index is 2.95. The van der Waals surface area contributed by atoms with Gasteiger partial charge in [-0.1, -0.05) is 44.2 Å². The molecule has 0 atom stereocenters. The maximum absolute atomic E-state index is 11.8. The number of unbranched alkanes of at least 4 members (excludes halogenated alkanes) is 1. The minimum Gasteiger partial charge on any atom is -0.289 e. The summed E-state index contributed by atoms with van der Waals surface area (Å²) in [5.74, 6) is 0.0710. The quantitative estimate of drug-likeness (QED) is 0.524. The number of carbonyl (C=O) groups is 1. The summed E-state index contributed by atoms with van der Waals surface area (Å²) in [7, 11) is 0. The summed E-state index contributed by atoms with van der Waals surface area (Å²) in [5, 5.41) is 0. The first-order valence-electron chi connectivity index (χ1n) is 5.45. The lowest BCUT2D eigenvalue weighted by atomic mass is 9.96. The van der Waals surface area contributed by atoms with Crippen LogP contribution in [0, 0.1) is 0 Å². The molecule has 15 heavy (non-hydrogen) atoms. The minimum absolute atomic E-state index is 0.0710. The molecule has 0 aliphatic carbocycles. The number of benzene rings is 1. The number of ketones is 1. The van der Waals surface area contributed by atoms with Crippen molar-refractivity contribution >= 4 is 5.78 Å². The fourth-order valence-electron chi connectivity index (χ4n) is 1.56. The van der Waals surface area contributed by atoms with Crippen molar-refractivity contribution in [2.45, 2.75) is 33.1 Å². The molecule has 0 amide bonds. The van der Waals surface area contributed by atoms with Gasteiger partial charge in [-0.15, -0.1) is 0 Å². The molecule has 0 aliphatic heterocycles. The number of rotatable bonds is 5. The van der Waals surface area contributed by atoms with Crippen molar-refractivity contribution in [3.05, 3.63) is 47.5 Å². The van der Waals surface area contributed by atoms with Crippen LogP contribution in [0.3, 0.4) is 0 Å². The van der Waals surface area contributed by atoms with Gasteiger partial charge in [0.25, 0.3) is 0 Å². The van der Waals surface area contributed by atoms with Gasteiger partial charge >= 0.3 is 0 Å². The molecule has 1 aromatic rings. The minimum atomic E-state index is 0.0710. The Morgan fingerprint density at radius 2 is 2.00 bits per heavy atom. The number of carbonyl (C=O) groups excluding carboxylic acids is 1. The summed E-state index contributed by atoms with van der Waals surface area (Å²) in [4.78, 5) is 11.8. The molecule has 0 aliphatic rings. The van der Waals surface area contributed by atoms with Crippen LogP contribution in [-0.4, -0.2) is 5.78 Å². The van der Waals surface area contributed by atoms with Crippen LogP contribution in [0.25, 0.3) is 0 Å². The highest BCUT2D eigenvalue weighted by molar-refractivity contribution is 6.08. The predicted molar refractivity (Wildman–Crippen MR) is 64.2 cm³/mol. The number of hydrogen-bond donors (Lipinski definition) is 0. The van der Waals surface area contributed by atoms with Gasteiger partial charge in [0, 0.05) is 5.56 Å². The van der Waals surface area contributed by atoms with Crippen LogP contribution in [0.5, 0.6) is 0 Å². The van der Waals surface area contributed by atoms with Gasteiger partial charge in [0.15, 0.2) is 5.78 Å². The van der Waals surface area contributed by atoms with Crippen LogP contribution in [0.15, 0.2) is 36.4 Å². The second-order valence-electron chi connectivity index (χ2n) is 3.87. The molecule has 1 nitrogen and oxygen atoms in total. The monoisotopic (exact) mass is 202 g/mol. The first kappa shape index (κ1) is 11.7. The normalized spacial score (nSPS) is 10.0. The highest BCUT2D eigenvalue weighted by Crippen LogP contribution is 2.15. The molecule has 0 saturated heterocycles. The largest absolute Gasteiger partial charge is 0.289 e. The fourth-order valence-corrected chi connectivity index (χ4v) is 1.56. The van der Waals surface area contributed by atoms with Crippen molar-refractivity contribution in [1.82, 2.24) is 0 Å². The molecule has 0 fully saturated rings. The van der Waals surface area contributed by atoms with Gasteiger partial charge in [-0.25, -0.2) is 0 Å². The molecule has 0 bridgehead atoms. The third kappa shape index (κ3) is 3.05. The molecule has 0 heterocycles. The second-order valence-corrected chi connectivity index (χ2v) is 3.87. The summed E-state index contributed by atoms with van der Waals surface area (Å²) in [5.41, 5.74) is 2.57. The van der Waals surface area contributed by atoms with E-state index in [1.54, 1.807) is 6.92 Å². The van der Waals surface area contributed by atoms with Crippen molar-refractivity contribution in [2.75, 3.05) is 0 Å². The molecule has 0 unspecified atom stereocenters. The van der Waals surface area contributed by atoms with Crippen LogP contribution in [-0.2, 0) is 6.42 Å². The summed E-state index contributed by atoms with van der Waals surface area (Å²) < 4.78 is 0. The van der Waals surface area contributed by atoms with E-state index in [9.17, 15) is 4.79 Å². The van der Waals surface area contributed by atoms with Gasteiger partial charge in [0.05, 0.1) is 0 Å². The van der Waals surface area contributed by atoms with E-state index in [2.05, 4.69) is 13.5 Å². The highest BCUT2D eigenvalue weighted by atomic mass is 16.1. The molecule has 1 aromatic carbocycles. The van der Waals surface area contributed by atoms with Crippen molar-refractivity contribution < 1.29 is 4.79 Å². The average molecular weight is 202 g/mol. The van der Waals surface area contributed by atoms with Crippen molar-refractivity contribution in [3.63, 3.8) is 0 Å². The summed E-state index contributed by atoms with van der Waals surface area (Å²) >= 11 is 0. The average Bonchev–Trinajstić information content (AvgIpc) is 2.25. The molecule has 0 spiro atoms. The van der Waals surface area contributed by atoms with E-state index in [0.29, 0.717) is 5.57 Å². The lowest BCUT2D eigenvalue weighted by molar-refractivity contribution is 0.103. The van der Waals surface area contributed by atoms with Crippen LogP contribution >= 0.6 is 0 Å². The van der Waals surface area contributed by atoms with Gasteiger partial charge < -0.3 is 0 Å². The van der Waals surface area contributed by atoms with Crippen LogP contribution in [0.2, 0.25) is 0 Å². The van der Waals surface area contributed by atoms with E-state index in [-0.39, 0.29) is 5.78 Å². The molecule has 80 valence electrons. The molecule has 0 aromatic heterocycles. The van der Waals surface area contributed by atoms with Crippen molar-refractivity contribution in [2.24, 2.45) is 0 Å². The van der Waals surface area contributed by atoms with Gasteiger partial charge in [-0.2, -0.15) is 0 Å². The lowest BCUT2D eigenvalue weighted by Gasteiger charge is -2.07. The topological polar surface area (TPSA) is 17.1 Å². The van der Waals surface area contributed by atoms with Crippen LogP contribution < -0.4 is 0 Å². The second kappa shape index (κ2) is 5.50. The molecule has 0 radical (unpaired) electrons. The molecular formula is C14H18O. The van der Waals surface area contributed by atoms with Crippen LogP contribution in [0.4, 0.5) is 0 Å². The van der Waals surface area contributed by atoms with E-state index < -0.39 is 0 Å². The Kier molecular flexibility index (Phi) is 4.29. The maximum Gasteiger partial charge on any atom is 0.188 e. The zero-order chi connectivity index (χ0) is 11.3. The highest BCUT2D eigenvalue weighted by Gasteiger charge is 2.10.